The van der Waals surface area contributed by atoms with Crippen molar-refractivity contribution in [2.45, 2.75) is 50.6 Å². The van der Waals surface area contributed by atoms with E-state index in [1.165, 1.54) is 38.6 Å². The van der Waals surface area contributed by atoms with Gasteiger partial charge in [-0.3, -0.25) is 4.90 Å². The maximum absolute atomic E-state index is 2.82. The molecule has 0 aromatic heterocycles. The maximum Gasteiger partial charge on any atom is 0.0127 e. The van der Waals surface area contributed by atoms with E-state index < -0.39 is 0 Å². The highest BCUT2D eigenvalue weighted by atomic mass is 15.2. The molecule has 11 heavy (non-hydrogen) atoms. The summed E-state index contributed by atoms with van der Waals surface area (Å²) in [6.45, 7) is 1.42. The zero-order chi connectivity index (χ0) is 7.26. The van der Waals surface area contributed by atoms with E-state index >= 15 is 0 Å². The predicted molar refractivity (Wildman–Crippen MR) is 45.5 cm³/mol. The monoisotopic (exact) mass is 151 g/mol. The number of hydrogen-bond donors (Lipinski definition) is 0. The number of rotatable bonds is 0. The average molecular weight is 151 g/mol. The molecule has 3 rings (SSSR count). The highest BCUT2D eigenvalue weighted by molar-refractivity contribution is 4.99. The van der Waals surface area contributed by atoms with Crippen LogP contribution >= 0.6 is 0 Å². The van der Waals surface area contributed by atoms with Crippen LogP contribution in [0.1, 0.15) is 38.5 Å². The molecule has 0 amide bonds. The van der Waals surface area contributed by atoms with Gasteiger partial charge in [0.1, 0.15) is 0 Å². The molecule has 1 nitrogen and oxygen atoms in total. The fourth-order valence-electron chi connectivity index (χ4n) is 3.63. The van der Waals surface area contributed by atoms with Crippen LogP contribution in [0, 0.1) is 5.92 Å². The van der Waals surface area contributed by atoms with E-state index in [0.717, 1.165) is 18.0 Å². The van der Waals surface area contributed by atoms with E-state index in [2.05, 4.69) is 4.90 Å². The summed E-state index contributed by atoms with van der Waals surface area (Å²) < 4.78 is 0. The smallest absolute Gasteiger partial charge is 0.0127 e. The van der Waals surface area contributed by atoms with E-state index in [9.17, 15) is 0 Å². The molecule has 3 aliphatic heterocycles. The summed E-state index contributed by atoms with van der Waals surface area (Å²) in [5.41, 5.74) is 0. The van der Waals surface area contributed by atoms with Gasteiger partial charge in [0.2, 0.25) is 0 Å². The third-order valence-electron chi connectivity index (χ3n) is 4.04. The molecular formula is C10H17N. The van der Waals surface area contributed by atoms with Crippen LogP contribution in [-0.2, 0) is 0 Å². The van der Waals surface area contributed by atoms with Gasteiger partial charge in [0.15, 0.2) is 0 Å². The first kappa shape index (κ1) is 6.47. The minimum atomic E-state index is 1.02. The largest absolute Gasteiger partial charge is 0.297 e. The van der Waals surface area contributed by atoms with Crippen LogP contribution in [-0.4, -0.2) is 23.5 Å². The maximum atomic E-state index is 2.82. The SMILES string of the molecule is C1CC2CC3CCCN2C3C1. The molecule has 0 saturated carbocycles. The van der Waals surface area contributed by atoms with Gasteiger partial charge in [0, 0.05) is 12.1 Å². The van der Waals surface area contributed by atoms with Crippen LogP contribution in [0.2, 0.25) is 0 Å². The normalized spacial score (nSPS) is 54.5. The van der Waals surface area contributed by atoms with Crippen molar-refractivity contribution in [3.8, 4) is 0 Å². The Labute approximate surface area is 68.8 Å². The molecule has 0 aromatic rings. The first-order valence-electron chi connectivity index (χ1n) is 5.21. The summed E-state index contributed by atoms with van der Waals surface area (Å²) in [7, 11) is 0. The molecule has 3 heterocycles. The van der Waals surface area contributed by atoms with E-state index in [1.807, 2.05) is 0 Å². The number of piperidine rings is 2. The van der Waals surface area contributed by atoms with Crippen molar-refractivity contribution in [1.29, 1.82) is 0 Å². The first-order chi connectivity index (χ1) is 5.45. The zero-order valence-electron chi connectivity index (χ0n) is 7.13. The molecule has 3 aliphatic rings. The fraction of sp³-hybridized carbons (Fsp3) is 1.00. The minimum absolute atomic E-state index is 1.02. The minimum Gasteiger partial charge on any atom is -0.297 e. The van der Waals surface area contributed by atoms with Crippen LogP contribution in [0.4, 0.5) is 0 Å². The van der Waals surface area contributed by atoms with Crippen molar-refractivity contribution in [2.24, 2.45) is 5.92 Å². The molecule has 0 radical (unpaired) electrons. The average Bonchev–Trinajstić information content (AvgIpc) is 2.31. The van der Waals surface area contributed by atoms with Gasteiger partial charge in [-0.1, -0.05) is 6.42 Å². The first-order valence-corrected chi connectivity index (χ1v) is 5.21. The third kappa shape index (κ3) is 0.807. The molecule has 3 fully saturated rings. The lowest BCUT2D eigenvalue weighted by molar-refractivity contribution is 0.101. The summed E-state index contributed by atoms with van der Waals surface area (Å²) in [4.78, 5) is 2.82. The molecule has 0 aromatic carbocycles. The van der Waals surface area contributed by atoms with Crippen LogP contribution in [0.3, 0.4) is 0 Å². The highest BCUT2D eigenvalue weighted by Gasteiger charge is 2.44. The molecule has 3 saturated heterocycles. The van der Waals surface area contributed by atoms with Crippen molar-refractivity contribution in [3.63, 3.8) is 0 Å². The molecule has 0 N–H and O–H groups in total. The third-order valence-corrected chi connectivity index (χ3v) is 4.04. The Morgan fingerprint density at radius 3 is 2.91 bits per heavy atom. The topological polar surface area (TPSA) is 3.24 Å². The van der Waals surface area contributed by atoms with Gasteiger partial charge < -0.3 is 0 Å². The van der Waals surface area contributed by atoms with E-state index in [1.54, 1.807) is 6.42 Å². The Hall–Kier alpha value is -0.0400. The molecule has 1 heteroatoms. The molecule has 62 valence electrons. The van der Waals surface area contributed by atoms with Gasteiger partial charge in [-0.2, -0.15) is 0 Å². The van der Waals surface area contributed by atoms with Crippen LogP contribution in [0.5, 0.6) is 0 Å². The van der Waals surface area contributed by atoms with E-state index in [-0.39, 0.29) is 0 Å². The fourth-order valence-corrected chi connectivity index (χ4v) is 3.63. The molecular weight excluding hydrogens is 134 g/mol. The quantitative estimate of drug-likeness (QED) is 0.512. The lowest BCUT2D eigenvalue weighted by Crippen LogP contribution is -2.43. The second kappa shape index (κ2) is 2.22. The highest BCUT2D eigenvalue weighted by Crippen LogP contribution is 2.44. The van der Waals surface area contributed by atoms with Crippen LogP contribution in [0.15, 0.2) is 0 Å². The Balaban J connectivity index is 1.91. The summed E-state index contributed by atoms with van der Waals surface area (Å²) in [5, 5.41) is 0. The summed E-state index contributed by atoms with van der Waals surface area (Å²) in [5.74, 6) is 1.11. The predicted octanol–water partition coefficient (Wildman–Crippen LogP) is 2.02. The molecule has 4 bridgehead atoms. The van der Waals surface area contributed by atoms with Gasteiger partial charge in [-0.25, -0.2) is 0 Å². The standard InChI is InChI=1S/C10H17N/c1-4-9-7-8-3-2-6-11(9)10(8)5-1/h8-10H,1-7H2. The second-order valence-electron chi connectivity index (χ2n) is 4.53. The van der Waals surface area contributed by atoms with Crippen molar-refractivity contribution in [2.75, 3.05) is 6.54 Å². The molecule has 0 aliphatic carbocycles. The lowest BCUT2D eigenvalue weighted by atomic mass is 9.90. The van der Waals surface area contributed by atoms with Gasteiger partial charge in [-0.15, -0.1) is 0 Å². The summed E-state index contributed by atoms with van der Waals surface area (Å²) in [6.07, 6.45) is 9.11. The lowest BCUT2D eigenvalue weighted by Gasteiger charge is -2.38. The summed E-state index contributed by atoms with van der Waals surface area (Å²) in [6, 6.07) is 2.05. The Bertz CT molecular complexity index is 148. The van der Waals surface area contributed by atoms with Gasteiger partial charge in [-0.05, 0) is 44.6 Å². The van der Waals surface area contributed by atoms with Gasteiger partial charge >= 0.3 is 0 Å². The van der Waals surface area contributed by atoms with Crippen molar-refractivity contribution in [1.82, 2.24) is 4.90 Å². The molecule has 4 atom stereocenters. The van der Waals surface area contributed by atoms with E-state index in [0.29, 0.717) is 0 Å². The Kier molecular flexibility index (Phi) is 1.31. The number of hydrogen-bond acceptors (Lipinski definition) is 1. The number of nitrogens with zero attached hydrogens (tertiary/aromatic N) is 1. The summed E-state index contributed by atoms with van der Waals surface area (Å²) >= 11 is 0. The molecule has 4 unspecified atom stereocenters. The Morgan fingerprint density at radius 2 is 2.00 bits per heavy atom. The van der Waals surface area contributed by atoms with Crippen molar-refractivity contribution >= 4 is 0 Å². The van der Waals surface area contributed by atoms with Gasteiger partial charge in [0.25, 0.3) is 0 Å². The van der Waals surface area contributed by atoms with Crippen molar-refractivity contribution < 1.29 is 0 Å². The second-order valence-corrected chi connectivity index (χ2v) is 4.53. The van der Waals surface area contributed by atoms with Crippen molar-refractivity contribution in [3.05, 3.63) is 0 Å². The van der Waals surface area contributed by atoms with E-state index in [4.69, 9.17) is 0 Å². The zero-order valence-corrected chi connectivity index (χ0v) is 7.13. The van der Waals surface area contributed by atoms with Crippen LogP contribution in [0.25, 0.3) is 0 Å². The molecule has 0 spiro atoms. The van der Waals surface area contributed by atoms with Crippen LogP contribution < -0.4 is 0 Å². The Morgan fingerprint density at radius 1 is 1.00 bits per heavy atom. The van der Waals surface area contributed by atoms with Gasteiger partial charge in [0.05, 0.1) is 0 Å².